The fourth-order valence-electron chi connectivity index (χ4n) is 1.24. The fourth-order valence-corrected chi connectivity index (χ4v) is 2.05. The van der Waals surface area contributed by atoms with Crippen LogP contribution in [0.1, 0.15) is 16.5 Å². The van der Waals surface area contributed by atoms with Crippen LogP contribution < -0.4 is 11.3 Å². The lowest BCUT2D eigenvalue weighted by atomic mass is 10.1. The Kier molecular flexibility index (Phi) is 2.44. The summed E-state index contributed by atoms with van der Waals surface area (Å²) < 4.78 is 5.00. The van der Waals surface area contributed by atoms with Crippen LogP contribution in [0.4, 0.5) is 0 Å². The van der Waals surface area contributed by atoms with Gasteiger partial charge in [0, 0.05) is 10.4 Å². The van der Waals surface area contributed by atoms with Crippen molar-refractivity contribution in [3.63, 3.8) is 0 Å². The molecule has 1 unspecified atom stereocenters. The summed E-state index contributed by atoms with van der Waals surface area (Å²) >= 11 is 1.67. The topological polar surface area (TPSA) is 51.2 Å². The van der Waals surface area contributed by atoms with Crippen LogP contribution in [0.3, 0.4) is 0 Å². The number of thiophene rings is 1. The van der Waals surface area contributed by atoms with E-state index in [1.165, 1.54) is 4.88 Å². The van der Waals surface area contributed by atoms with Gasteiger partial charge in [-0.15, -0.1) is 11.3 Å². The number of nitrogens with two attached hydrogens (primary N) is 1. The number of hydrogen-bond donors (Lipinski definition) is 2. The summed E-state index contributed by atoms with van der Waals surface area (Å²) in [6.45, 7) is 0. The predicted molar refractivity (Wildman–Crippen MR) is 52.2 cm³/mol. The van der Waals surface area contributed by atoms with Crippen LogP contribution in [-0.4, -0.2) is 0 Å². The largest absolute Gasteiger partial charge is 0.472 e. The van der Waals surface area contributed by atoms with E-state index >= 15 is 0 Å². The Morgan fingerprint density at radius 2 is 2.38 bits per heavy atom. The standard InChI is InChI=1S/C9H10N2OS/c10-11-9(7-3-4-12-6-7)8-2-1-5-13-8/h1-6,9,11H,10H2. The fraction of sp³-hybridized carbons (Fsp3) is 0.111. The molecule has 3 N–H and O–H groups in total. The number of furan rings is 1. The van der Waals surface area contributed by atoms with E-state index in [2.05, 4.69) is 5.43 Å². The van der Waals surface area contributed by atoms with Gasteiger partial charge in [-0.05, 0) is 17.5 Å². The number of hydrazine groups is 1. The van der Waals surface area contributed by atoms with Crippen LogP contribution in [0.25, 0.3) is 0 Å². The predicted octanol–water partition coefficient (Wildman–Crippen LogP) is 1.89. The molecule has 13 heavy (non-hydrogen) atoms. The molecule has 0 saturated carbocycles. The first-order valence-electron chi connectivity index (χ1n) is 3.93. The average molecular weight is 194 g/mol. The maximum atomic E-state index is 5.47. The Labute approximate surface area is 80.1 Å². The highest BCUT2D eigenvalue weighted by molar-refractivity contribution is 7.10. The van der Waals surface area contributed by atoms with Crippen molar-refractivity contribution in [2.45, 2.75) is 6.04 Å². The van der Waals surface area contributed by atoms with Crippen molar-refractivity contribution in [3.05, 3.63) is 46.5 Å². The lowest BCUT2D eigenvalue weighted by Gasteiger charge is -2.11. The van der Waals surface area contributed by atoms with Gasteiger partial charge in [0.05, 0.1) is 18.6 Å². The zero-order valence-electron chi connectivity index (χ0n) is 6.94. The summed E-state index contributed by atoms with van der Waals surface area (Å²) in [5.74, 6) is 5.47. The minimum absolute atomic E-state index is 0.0405. The monoisotopic (exact) mass is 194 g/mol. The molecule has 0 bridgehead atoms. The van der Waals surface area contributed by atoms with Crippen molar-refractivity contribution in [1.82, 2.24) is 5.43 Å². The molecule has 0 saturated heterocycles. The molecule has 0 radical (unpaired) electrons. The molecule has 3 nitrogen and oxygen atoms in total. The zero-order valence-corrected chi connectivity index (χ0v) is 7.75. The SMILES string of the molecule is NNC(c1ccoc1)c1cccs1. The van der Waals surface area contributed by atoms with Gasteiger partial charge >= 0.3 is 0 Å². The molecule has 4 heteroatoms. The molecule has 68 valence electrons. The molecule has 0 spiro atoms. The van der Waals surface area contributed by atoms with Crippen LogP contribution in [0, 0.1) is 0 Å². The van der Waals surface area contributed by atoms with E-state index in [9.17, 15) is 0 Å². The van der Waals surface area contributed by atoms with E-state index in [-0.39, 0.29) is 6.04 Å². The molecule has 1 atom stereocenters. The third kappa shape index (κ3) is 1.65. The highest BCUT2D eigenvalue weighted by Crippen LogP contribution is 2.25. The van der Waals surface area contributed by atoms with Crippen LogP contribution in [0.5, 0.6) is 0 Å². The summed E-state index contributed by atoms with van der Waals surface area (Å²) in [5, 5.41) is 2.03. The molecular weight excluding hydrogens is 184 g/mol. The summed E-state index contributed by atoms with van der Waals surface area (Å²) in [5.41, 5.74) is 3.80. The molecule has 0 fully saturated rings. The Hall–Kier alpha value is -1.10. The first-order chi connectivity index (χ1) is 6.42. The smallest absolute Gasteiger partial charge is 0.0954 e. The molecule has 0 aromatic carbocycles. The summed E-state index contributed by atoms with van der Waals surface area (Å²) in [6.07, 6.45) is 3.34. The van der Waals surface area contributed by atoms with Gasteiger partial charge in [-0.1, -0.05) is 6.07 Å². The van der Waals surface area contributed by atoms with Gasteiger partial charge in [0.15, 0.2) is 0 Å². The molecule has 0 aliphatic rings. The minimum atomic E-state index is 0.0405. The molecule has 0 amide bonds. The van der Waals surface area contributed by atoms with E-state index in [4.69, 9.17) is 10.3 Å². The van der Waals surface area contributed by atoms with Gasteiger partial charge in [0.2, 0.25) is 0 Å². The third-order valence-corrected chi connectivity index (χ3v) is 2.81. The number of hydrogen-bond acceptors (Lipinski definition) is 4. The van der Waals surface area contributed by atoms with Crippen LogP contribution in [-0.2, 0) is 0 Å². The van der Waals surface area contributed by atoms with Crippen molar-refractivity contribution in [2.24, 2.45) is 5.84 Å². The van der Waals surface area contributed by atoms with Crippen LogP contribution in [0.2, 0.25) is 0 Å². The van der Waals surface area contributed by atoms with E-state index in [0.29, 0.717) is 0 Å². The Balaban J connectivity index is 2.29. The lowest BCUT2D eigenvalue weighted by Crippen LogP contribution is -2.27. The molecule has 2 aromatic heterocycles. The summed E-state index contributed by atoms with van der Waals surface area (Å²) in [6, 6.07) is 6.00. The average Bonchev–Trinajstić information content (AvgIpc) is 2.76. The van der Waals surface area contributed by atoms with Gasteiger partial charge in [-0.2, -0.15) is 0 Å². The second-order valence-electron chi connectivity index (χ2n) is 2.67. The highest BCUT2D eigenvalue weighted by Gasteiger charge is 2.13. The lowest BCUT2D eigenvalue weighted by molar-refractivity contribution is 0.554. The summed E-state index contributed by atoms with van der Waals surface area (Å²) in [7, 11) is 0. The van der Waals surface area contributed by atoms with Gasteiger partial charge in [-0.25, -0.2) is 5.43 Å². The van der Waals surface area contributed by atoms with E-state index in [1.54, 1.807) is 23.9 Å². The van der Waals surface area contributed by atoms with Gasteiger partial charge in [0.25, 0.3) is 0 Å². The highest BCUT2D eigenvalue weighted by atomic mass is 32.1. The molecular formula is C9H10N2OS. The Morgan fingerprint density at radius 3 is 2.92 bits per heavy atom. The maximum absolute atomic E-state index is 5.47. The Morgan fingerprint density at radius 1 is 1.46 bits per heavy atom. The second kappa shape index (κ2) is 3.74. The van der Waals surface area contributed by atoms with Crippen LogP contribution >= 0.6 is 11.3 Å². The summed E-state index contributed by atoms with van der Waals surface area (Å²) in [4.78, 5) is 1.18. The Bertz CT molecular complexity index is 307. The quantitative estimate of drug-likeness (QED) is 0.579. The van der Waals surface area contributed by atoms with Crippen molar-refractivity contribution in [2.75, 3.05) is 0 Å². The van der Waals surface area contributed by atoms with E-state index in [1.807, 2.05) is 23.6 Å². The van der Waals surface area contributed by atoms with Crippen molar-refractivity contribution >= 4 is 11.3 Å². The van der Waals surface area contributed by atoms with E-state index < -0.39 is 0 Å². The second-order valence-corrected chi connectivity index (χ2v) is 3.65. The van der Waals surface area contributed by atoms with Gasteiger partial charge in [-0.3, -0.25) is 5.84 Å². The third-order valence-electron chi connectivity index (χ3n) is 1.87. The maximum Gasteiger partial charge on any atom is 0.0954 e. The minimum Gasteiger partial charge on any atom is -0.472 e. The molecule has 2 rings (SSSR count). The van der Waals surface area contributed by atoms with Crippen molar-refractivity contribution in [1.29, 1.82) is 0 Å². The van der Waals surface area contributed by atoms with Gasteiger partial charge in [0.1, 0.15) is 0 Å². The number of nitrogens with one attached hydrogen (secondary N) is 1. The molecule has 2 heterocycles. The molecule has 2 aromatic rings. The first kappa shape index (κ1) is 8.50. The van der Waals surface area contributed by atoms with Crippen molar-refractivity contribution < 1.29 is 4.42 Å². The van der Waals surface area contributed by atoms with E-state index in [0.717, 1.165) is 5.56 Å². The van der Waals surface area contributed by atoms with Crippen LogP contribution in [0.15, 0.2) is 40.5 Å². The van der Waals surface area contributed by atoms with Crippen molar-refractivity contribution in [3.8, 4) is 0 Å². The zero-order chi connectivity index (χ0) is 9.10. The molecule has 0 aliphatic carbocycles. The first-order valence-corrected chi connectivity index (χ1v) is 4.81. The number of rotatable bonds is 3. The molecule has 0 aliphatic heterocycles. The van der Waals surface area contributed by atoms with Gasteiger partial charge < -0.3 is 4.42 Å². The normalized spacial score (nSPS) is 13.0.